The molecular weight excluding hydrogens is 458 g/mol. The number of hydrogen-bond donors (Lipinski definition) is 4. The molecule has 3 aromatic rings. The van der Waals surface area contributed by atoms with Gasteiger partial charge in [-0.25, -0.2) is 9.97 Å². The molecule has 1 heterocycles. The van der Waals surface area contributed by atoms with Crippen LogP contribution in [0.5, 0.6) is 5.75 Å². The molecule has 4 rings (SSSR count). The molecule has 8 nitrogen and oxygen atoms in total. The molecule has 0 radical (unpaired) electrons. The third-order valence-corrected chi connectivity index (χ3v) is 5.94. The van der Waals surface area contributed by atoms with Crippen LogP contribution in [0.4, 0.5) is 20.4 Å². The van der Waals surface area contributed by atoms with Crippen LogP contribution in [0, 0.1) is 0 Å². The van der Waals surface area contributed by atoms with Crippen LogP contribution in [0.1, 0.15) is 30.7 Å². The lowest BCUT2D eigenvalue weighted by Crippen LogP contribution is -2.43. The van der Waals surface area contributed by atoms with E-state index in [4.69, 9.17) is 0 Å². The summed E-state index contributed by atoms with van der Waals surface area (Å²) in [7, 11) is 0. The Kier molecular flexibility index (Phi) is 7.84. The van der Waals surface area contributed by atoms with Crippen molar-refractivity contribution < 1.29 is 28.5 Å². The fraction of sp³-hybridized carbons (Fsp3) is 0.320. The highest BCUT2D eigenvalue weighted by Crippen LogP contribution is 2.25. The van der Waals surface area contributed by atoms with E-state index in [0.717, 1.165) is 18.4 Å². The van der Waals surface area contributed by atoms with Gasteiger partial charge in [-0.3, -0.25) is 4.79 Å². The maximum atomic E-state index is 12.6. The molecule has 0 unspecified atom stereocenters. The number of carbonyl (C=O) groups excluding carboxylic acids is 1. The topological polar surface area (TPSA) is 117 Å². The van der Waals surface area contributed by atoms with Gasteiger partial charge in [0.15, 0.2) is 0 Å². The van der Waals surface area contributed by atoms with Crippen molar-refractivity contribution in [2.45, 2.75) is 43.9 Å². The summed E-state index contributed by atoms with van der Waals surface area (Å²) in [5, 5.41) is 25.6. The van der Waals surface area contributed by atoms with E-state index in [0.29, 0.717) is 29.2 Å². The van der Waals surface area contributed by atoms with Crippen molar-refractivity contribution in [3.63, 3.8) is 0 Å². The van der Waals surface area contributed by atoms with E-state index < -0.39 is 18.6 Å². The number of nitrogens with one attached hydrogen (secondary N) is 2. The Bertz CT molecular complexity index is 1110. The minimum atomic E-state index is -2.87. The summed E-state index contributed by atoms with van der Waals surface area (Å²) in [6, 6.07) is 12.9. The number of amides is 1. The summed E-state index contributed by atoms with van der Waals surface area (Å²) >= 11 is 0. The van der Waals surface area contributed by atoms with Crippen LogP contribution < -0.4 is 15.4 Å². The largest absolute Gasteiger partial charge is 0.435 e. The molecule has 0 bridgehead atoms. The average molecular weight is 485 g/mol. The van der Waals surface area contributed by atoms with Crippen LogP contribution in [0.25, 0.3) is 11.1 Å². The second-order valence-corrected chi connectivity index (χ2v) is 8.29. The van der Waals surface area contributed by atoms with E-state index in [1.807, 2.05) is 0 Å². The Morgan fingerprint density at radius 2 is 1.71 bits per heavy atom. The Hall–Kier alpha value is -3.63. The first-order valence-corrected chi connectivity index (χ1v) is 11.3. The van der Waals surface area contributed by atoms with Crippen molar-refractivity contribution in [3.8, 4) is 16.9 Å². The highest BCUT2D eigenvalue weighted by Gasteiger charge is 2.29. The molecule has 0 aliphatic heterocycles. The number of aliphatic hydroxyl groups is 2. The number of aromatic nitrogens is 2. The fourth-order valence-corrected chi connectivity index (χ4v) is 4.03. The van der Waals surface area contributed by atoms with Crippen LogP contribution in [-0.2, 0) is 4.79 Å². The van der Waals surface area contributed by atoms with Crippen molar-refractivity contribution in [3.05, 3.63) is 66.5 Å². The molecule has 2 aromatic carbocycles. The van der Waals surface area contributed by atoms with Crippen LogP contribution in [-0.4, -0.2) is 51.5 Å². The number of hydrogen-bond acceptors (Lipinski definition) is 7. The number of nitrogens with zero attached hydrogens (tertiary/aromatic N) is 2. The van der Waals surface area contributed by atoms with Crippen molar-refractivity contribution in [1.29, 1.82) is 0 Å². The molecule has 1 saturated carbocycles. The van der Waals surface area contributed by atoms with Gasteiger partial charge in [0.25, 0.3) is 0 Å². The summed E-state index contributed by atoms with van der Waals surface area (Å²) in [6.07, 6.45) is 4.93. The van der Waals surface area contributed by atoms with E-state index in [2.05, 4.69) is 25.3 Å². The number of carbonyl (C=O) groups is 1. The van der Waals surface area contributed by atoms with Gasteiger partial charge in [-0.1, -0.05) is 24.3 Å². The van der Waals surface area contributed by atoms with Crippen molar-refractivity contribution in [2.24, 2.45) is 0 Å². The molecule has 0 spiro atoms. The fourth-order valence-electron chi connectivity index (χ4n) is 4.03. The van der Waals surface area contributed by atoms with Gasteiger partial charge in [-0.05, 0) is 54.7 Å². The number of anilines is 2. The Labute approximate surface area is 201 Å². The van der Waals surface area contributed by atoms with E-state index in [1.54, 1.807) is 48.8 Å². The first kappa shape index (κ1) is 24.5. The summed E-state index contributed by atoms with van der Waals surface area (Å²) in [5.41, 5.74) is 2.80. The molecule has 1 aliphatic carbocycles. The number of ether oxygens (including phenoxy) is 1. The normalized spacial score (nSPS) is 18.3. The monoisotopic (exact) mass is 484 g/mol. The van der Waals surface area contributed by atoms with Crippen molar-refractivity contribution in [1.82, 2.24) is 15.3 Å². The highest BCUT2D eigenvalue weighted by atomic mass is 19.3. The third-order valence-electron chi connectivity index (χ3n) is 5.94. The van der Waals surface area contributed by atoms with Gasteiger partial charge >= 0.3 is 6.61 Å². The lowest BCUT2D eigenvalue weighted by Gasteiger charge is -2.21. The van der Waals surface area contributed by atoms with Crippen LogP contribution in [0.2, 0.25) is 0 Å². The SMILES string of the molecule is O=C(N[C@H]1CCC[C@H]1O)[C@H](CO)c1ccc(Nc2ncc(-c3ccc(OC(F)F)cc3)cn2)cc1. The maximum Gasteiger partial charge on any atom is 0.387 e. The van der Waals surface area contributed by atoms with Crippen molar-refractivity contribution >= 4 is 17.5 Å². The zero-order valence-corrected chi connectivity index (χ0v) is 18.8. The predicted molar refractivity (Wildman–Crippen MR) is 125 cm³/mol. The number of alkyl halides is 2. The molecule has 35 heavy (non-hydrogen) atoms. The second-order valence-electron chi connectivity index (χ2n) is 8.29. The van der Waals surface area contributed by atoms with Gasteiger partial charge in [-0.15, -0.1) is 0 Å². The highest BCUT2D eigenvalue weighted by molar-refractivity contribution is 5.84. The number of halogens is 2. The summed E-state index contributed by atoms with van der Waals surface area (Å²) in [5.74, 6) is -0.619. The van der Waals surface area contributed by atoms with E-state index in [1.165, 1.54) is 12.1 Å². The van der Waals surface area contributed by atoms with Gasteiger partial charge < -0.3 is 25.6 Å². The first-order chi connectivity index (χ1) is 16.9. The standard InChI is InChI=1S/C25H26F2N4O4/c26-24(27)35-19-10-6-15(7-11-19)17-12-28-25(29-13-17)30-18-8-4-16(5-9-18)20(14-32)23(34)31-21-2-1-3-22(21)33/h4-13,20-22,24,32-33H,1-3,14H2,(H,31,34)(H,28,29,30)/t20-,21+,22-/m1/s1. The molecule has 1 fully saturated rings. The molecule has 1 aliphatic rings. The van der Waals surface area contributed by atoms with Gasteiger partial charge in [0.2, 0.25) is 11.9 Å². The summed E-state index contributed by atoms with van der Waals surface area (Å²) < 4.78 is 28.9. The van der Waals surface area contributed by atoms with Gasteiger partial charge in [0.1, 0.15) is 5.75 Å². The predicted octanol–water partition coefficient (Wildman–Crippen LogP) is 3.59. The average Bonchev–Trinajstić information content (AvgIpc) is 3.25. The lowest BCUT2D eigenvalue weighted by atomic mass is 9.98. The van der Waals surface area contributed by atoms with Crippen LogP contribution >= 0.6 is 0 Å². The molecular formula is C25H26F2N4O4. The molecule has 1 amide bonds. The van der Waals surface area contributed by atoms with Crippen LogP contribution in [0.3, 0.4) is 0 Å². The molecule has 10 heteroatoms. The molecule has 0 saturated heterocycles. The summed E-state index contributed by atoms with van der Waals surface area (Å²) in [4.78, 5) is 21.2. The van der Waals surface area contributed by atoms with Gasteiger partial charge in [0.05, 0.1) is 24.7 Å². The number of rotatable bonds is 9. The molecule has 184 valence electrons. The Balaban J connectivity index is 1.36. The molecule has 3 atom stereocenters. The summed E-state index contributed by atoms with van der Waals surface area (Å²) in [6.45, 7) is -3.22. The minimum absolute atomic E-state index is 0.0726. The van der Waals surface area contributed by atoms with Crippen molar-refractivity contribution in [2.75, 3.05) is 11.9 Å². The van der Waals surface area contributed by atoms with Gasteiger partial charge in [0, 0.05) is 23.6 Å². The number of benzene rings is 2. The van der Waals surface area contributed by atoms with E-state index in [9.17, 15) is 23.8 Å². The van der Waals surface area contributed by atoms with Crippen LogP contribution in [0.15, 0.2) is 60.9 Å². The van der Waals surface area contributed by atoms with E-state index >= 15 is 0 Å². The minimum Gasteiger partial charge on any atom is -0.435 e. The Morgan fingerprint density at radius 3 is 2.29 bits per heavy atom. The third kappa shape index (κ3) is 6.28. The maximum absolute atomic E-state index is 12.6. The quantitative estimate of drug-likeness (QED) is 0.367. The molecule has 4 N–H and O–H groups in total. The van der Waals surface area contributed by atoms with Gasteiger partial charge in [-0.2, -0.15) is 8.78 Å². The first-order valence-electron chi connectivity index (χ1n) is 11.3. The van der Waals surface area contributed by atoms with E-state index in [-0.39, 0.29) is 24.3 Å². The Morgan fingerprint density at radius 1 is 1.03 bits per heavy atom. The number of aliphatic hydroxyl groups excluding tert-OH is 2. The second kappa shape index (κ2) is 11.2. The zero-order chi connectivity index (χ0) is 24.8. The zero-order valence-electron chi connectivity index (χ0n) is 18.8. The lowest BCUT2D eigenvalue weighted by molar-refractivity contribution is -0.124. The molecule has 1 aromatic heterocycles. The smallest absolute Gasteiger partial charge is 0.387 e.